The van der Waals surface area contributed by atoms with Gasteiger partial charge in [0.15, 0.2) is 0 Å². The van der Waals surface area contributed by atoms with Crippen molar-refractivity contribution in [3.63, 3.8) is 0 Å². The first-order valence-corrected chi connectivity index (χ1v) is 8.15. The summed E-state index contributed by atoms with van der Waals surface area (Å²) in [6, 6.07) is 4.14. The fourth-order valence-corrected chi connectivity index (χ4v) is 2.04. The lowest BCUT2D eigenvalue weighted by atomic mass is 10.1. The maximum absolute atomic E-state index is 12.3. The third-order valence-corrected chi connectivity index (χ3v) is 3.34. The number of benzene rings is 1. The quantitative estimate of drug-likeness (QED) is 0.402. The molecule has 0 aliphatic rings. The van der Waals surface area contributed by atoms with Gasteiger partial charge >= 0.3 is 0 Å². The van der Waals surface area contributed by atoms with E-state index < -0.39 is 4.92 Å². The van der Waals surface area contributed by atoms with E-state index in [-0.39, 0.29) is 17.2 Å². The molecule has 1 aromatic rings. The Morgan fingerprint density at radius 1 is 1.30 bits per heavy atom. The van der Waals surface area contributed by atoms with Crippen LogP contribution in [0.4, 0.5) is 5.69 Å². The Balaban J connectivity index is 2.82. The number of nitrogens with one attached hydrogen (secondary N) is 1. The van der Waals surface area contributed by atoms with Gasteiger partial charge in [0.1, 0.15) is 5.75 Å². The molecule has 23 heavy (non-hydrogen) atoms. The Bertz CT molecular complexity index is 529. The second-order valence-corrected chi connectivity index (χ2v) is 5.95. The highest BCUT2D eigenvalue weighted by atomic mass is 16.6. The fraction of sp³-hybridized carbons (Fsp3) is 0.588. The average molecular weight is 322 g/mol. The molecule has 1 rings (SSSR count). The summed E-state index contributed by atoms with van der Waals surface area (Å²) in [7, 11) is 0. The van der Waals surface area contributed by atoms with E-state index in [9.17, 15) is 14.9 Å². The molecule has 0 fully saturated rings. The lowest BCUT2D eigenvalue weighted by molar-refractivity contribution is -0.384. The third-order valence-electron chi connectivity index (χ3n) is 3.34. The molecule has 0 unspecified atom stereocenters. The van der Waals surface area contributed by atoms with Gasteiger partial charge in [-0.05, 0) is 18.4 Å². The van der Waals surface area contributed by atoms with Crippen LogP contribution in [0.2, 0.25) is 0 Å². The molecule has 0 aliphatic carbocycles. The SMILES string of the molecule is CCCCCCOc1ccc([N+](=O)[O-])cc1C(=O)NCC(C)C. The number of nitrogens with zero attached hydrogens (tertiary/aromatic N) is 1. The van der Waals surface area contributed by atoms with E-state index in [1.165, 1.54) is 18.2 Å². The van der Waals surface area contributed by atoms with Gasteiger partial charge in [-0.1, -0.05) is 40.0 Å². The summed E-state index contributed by atoms with van der Waals surface area (Å²) in [5.41, 5.74) is 0.105. The van der Waals surface area contributed by atoms with Crippen molar-refractivity contribution in [2.75, 3.05) is 13.2 Å². The lowest BCUT2D eigenvalue weighted by Crippen LogP contribution is -2.27. The minimum Gasteiger partial charge on any atom is -0.493 e. The van der Waals surface area contributed by atoms with E-state index >= 15 is 0 Å². The Hall–Kier alpha value is -2.11. The monoisotopic (exact) mass is 322 g/mol. The molecule has 1 amide bonds. The number of amides is 1. The zero-order chi connectivity index (χ0) is 17.2. The predicted octanol–water partition coefficient (Wildman–Crippen LogP) is 3.94. The van der Waals surface area contributed by atoms with E-state index in [1.807, 2.05) is 13.8 Å². The minimum absolute atomic E-state index is 0.113. The molecule has 128 valence electrons. The summed E-state index contributed by atoms with van der Waals surface area (Å²) in [4.78, 5) is 22.7. The number of nitro groups is 1. The topological polar surface area (TPSA) is 81.5 Å². The summed E-state index contributed by atoms with van der Waals surface area (Å²) < 4.78 is 5.66. The predicted molar refractivity (Wildman–Crippen MR) is 89.9 cm³/mol. The Labute approximate surface area is 137 Å². The molecule has 0 aromatic heterocycles. The second kappa shape index (κ2) is 9.82. The molecule has 0 spiro atoms. The van der Waals surface area contributed by atoms with Crippen molar-refractivity contribution < 1.29 is 14.5 Å². The minimum atomic E-state index is -0.510. The van der Waals surface area contributed by atoms with Gasteiger partial charge in [-0.3, -0.25) is 14.9 Å². The number of unbranched alkanes of at least 4 members (excludes halogenated alkanes) is 3. The standard InChI is InChI=1S/C17H26N2O4/c1-4-5-6-7-10-23-16-9-8-14(19(21)22)11-15(16)17(20)18-12-13(2)3/h8-9,11,13H,4-7,10,12H2,1-3H3,(H,18,20). The summed E-state index contributed by atoms with van der Waals surface area (Å²) in [5.74, 6) is 0.357. The van der Waals surface area contributed by atoms with Crippen molar-refractivity contribution in [1.82, 2.24) is 5.32 Å². The first kappa shape index (κ1) is 18.9. The fourth-order valence-electron chi connectivity index (χ4n) is 2.04. The number of hydrogen-bond donors (Lipinski definition) is 1. The highest BCUT2D eigenvalue weighted by Gasteiger charge is 2.18. The maximum Gasteiger partial charge on any atom is 0.270 e. The molecule has 0 bridgehead atoms. The molecule has 0 atom stereocenters. The zero-order valence-electron chi connectivity index (χ0n) is 14.1. The van der Waals surface area contributed by atoms with Crippen LogP contribution in [0.25, 0.3) is 0 Å². The number of nitro benzene ring substituents is 1. The summed E-state index contributed by atoms with van der Waals surface area (Å²) in [6.45, 7) is 7.12. The van der Waals surface area contributed by atoms with Crippen molar-refractivity contribution in [1.29, 1.82) is 0 Å². The number of ether oxygens (including phenoxy) is 1. The first-order valence-electron chi connectivity index (χ1n) is 8.15. The van der Waals surface area contributed by atoms with Gasteiger partial charge in [0, 0.05) is 18.7 Å². The van der Waals surface area contributed by atoms with Gasteiger partial charge in [0.05, 0.1) is 17.1 Å². The van der Waals surface area contributed by atoms with Gasteiger partial charge in [0.25, 0.3) is 11.6 Å². The van der Waals surface area contributed by atoms with Crippen LogP contribution in [0.1, 0.15) is 56.8 Å². The molecule has 0 saturated carbocycles. The molecule has 6 heteroatoms. The molecule has 0 radical (unpaired) electrons. The van der Waals surface area contributed by atoms with Crippen molar-refractivity contribution >= 4 is 11.6 Å². The number of non-ortho nitro benzene ring substituents is 1. The molecule has 0 saturated heterocycles. The van der Waals surface area contributed by atoms with Gasteiger partial charge in [0.2, 0.25) is 0 Å². The first-order chi connectivity index (χ1) is 11.0. The van der Waals surface area contributed by atoms with Crippen LogP contribution in [0.15, 0.2) is 18.2 Å². The number of rotatable bonds is 10. The number of carbonyl (C=O) groups excluding carboxylic acids is 1. The molecular weight excluding hydrogens is 296 g/mol. The molecule has 1 aromatic carbocycles. The van der Waals surface area contributed by atoms with Crippen molar-refractivity contribution in [2.24, 2.45) is 5.92 Å². The number of hydrogen-bond acceptors (Lipinski definition) is 4. The van der Waals surface area contributed by atoms with Crippen molar-refractivity contribution in [3.05, 3.63) is 33.9 Å². The van der Waals surface area contributed by atoms with E-state index in [2.05, 4.69) is 12.2 Å². The van der Waals surface area contributed by atoms with Crippen LogP contribution >= 0.6 is 0 Å². The van der Waals surface area contributed by atoms with E-state index in [0.29, 0.717) is 24.8 Å². The van der Waals surface area contributed by atoms with Crippen LogP contribution in [-0.2, 0) is 0 Å². The highest BCUT2D eigenvalue weighted by Crippen LogP contribution is 2.24. The van der Waals surface area contributed by atoms with Crippen LogP contribution < -0.4 is 10.1 Å². The third kappa shape index (κ3) is 6.67. The van der Waals surface area contributed by atoms with E-state index in [0.717, 1.165) is 25.7 Å². The van der Waals surface area contributed by atoms with Crippen LogP contribution in [0.3, 0.4) is 0 Å². The molecule has 0 heterocycles. The normalized spacial score (nSPS) is 10.6. The van der Waals surface area contributed by atoms with Crippen LogP contribution in [0.5, 0.6) is 5.75 Å². The largest absolute Gasteiger partial charge is 0.493 e. The Morgan fingerprint density at radius 3 is 2.65 bits per heavy atom. The van der Waals surface area contributed by atoms with Gasteiger partial charge in [-0.15, -0.1) is 0 Å². The van der Waals surface area contributed by atoms with Crippen molar-refractivity contribution in [2.45, 2.75) is 46.5 Å². The summed E-state index contributed by atoms with van der Waals surface area (Å²) in [6.07, 6.45) is 4.25. The summed E-state index contributed by atoms with van der Waals surface area (Å²) >= 11 is 0. The van der Waals surface area contributed by atoms with Crippen LogP contribution in [-0.4, -0.2) is 24.0 Å². The average Bonchev–Trinajstić information content (AvgIpc) is 2.52. The van der Waals surface area contributed by atoms with E-state index in [1.54, 1.807) is 0 Å². The zero-order valence-corrected chi connectivity index (χ0v) is 14.1. The second-order valence-electron chi connectivity index (χ2n) is 5.95. The molecule has 1 N–H and O–H groups in total. The van der Waals surface area contributed by atoms with Gasteiger partial charge in [-0.2, -0.15) is 0 Å². The molecular formula is C17H26N2O4. The van der Waals surface area contributed by atoms with Crippen LogP contribution in [0, 0.1) is 16.0 Å². The van der Waals surface area contributed by atoms with Crippen molar-refractivity contribution in [3.8, 4) is 5.75 Å². The van der Waals surface area contributed by atoms with E-state index in [4.69, 9.17) is 4.74 Å². The highest BCUT2D eigenvalue weighted by molar-refractivity contribution is 5.97. The molecule has 6 nitrogen and oxygen atoms in total. The van der Waals surface area contributed by atoms with Gasteiger partial charge < -0.3 is 10.1 Å². The Kier molecular flexibility index (Phi) is 8.08. The summed E-state index contributed by atoms with van der Waals surface area (Å²) in [5, 5.41) is 13.7. The molecule has 0 aliphatic heterocycles. The number of carbonyl (C=O) groups is 1. The lowest BCUT2D eigenvalue weighted by Gasteiger charge is -2.12. The Morgan fingerprint density at radius 2 is 2.04 bits per heavy atom. The van der Waals surface area contributed by atoms with Gasteiger partial charge in [-0.25, -0.2) is 0 Å². The smallest absolute Gasteiger partial charge is 0.270 e. The maximum atomic E-state index is 12.3.